The Morgan fingerprint density at radius 1 is 1.15 bits per heavy atom. The first-order valence-electron chi connectivity index (χ1n) is 6.43. The van der Waals surface area contributed by atoms with Gasteiger partial charge in [0.25, 0.3) is 0 Å². The number of phenols is 1. The smallest absolute Gasteiger partial charge is 0.226 e. The van der Waals surface area contributed by atoms with Crippen molar-refractivity contribution in [1.82, 2.24) is 10.1 Å². The van der Waals surface area contributed by atoms with E-state index in [2.05, 4.69) is 10.1 Å². The Hall–Kier alpha value is -2.01. The second-order valence-electron chi connectivity index (χ2n) is 4.37. The van der Waals surface area contributed by atoms with Crippen LogP contribution in [0.1, 0.15) is 18.6 Å². The zero-order valence-corrected chi connectivity index (χ0v) is 11.9. The topological polar surface area (TPSA) is 59.2 Å². The molecule has 1 aromatic heterocycles. The van der Waals surface area contributed by atoms with Gasteiger partial charge in [0.2, 0.25) is 5.89 Å². The Balaban J connectivity index is 1.86. The van der Waals surface area contributed by atoms with E-state index in [4.69, 9.17) is 4.52 Å². The fourth-order valence-electron chi connectivity index (χ4n) is 2.02. The van der Waals surface area contributed by atoms with Gasteiger partial charge in [-0.25, -0.2) is 0 Å². The number of thioether (sulfide) groups is 1. The van der Waals surface area contributed by atoms with Crippen LogP contribution < -0.4 is 0 Å². The molecule has 0 radical (unpaired) electrons. The van der Waals surface area contributed by atoms with E-state index in [0.717, 1.165) is 22.1 Å². The number of rotatable bonds is 4. The van der Waals surface area contributed by atoms with E-state index >= 15 is 0 Å². The number of benzene rings is 2. The first kappa shape index (κ1) is 13.0. The summed E-state index contributed by atoms with van der Waals surface area (Å²) in [6.45, 7) is 1.98. The average Bonchev–Trinajstić information content (AvgIpc) is 2.95. The number of fused-ring (bicyclic) bond motifs is 1. The van der Waals surface area contributed by atoms with E-state index < -0.39 is 0 Å². The molecular formula is C15H14N2O2S. The first-order valence-corrected chi connectivity index (χ1v) is 7.41. The van der Waals surface area contributed by atoms with Crippen molar-refractivity contribution in [2.24, 2.45) is 0 Å². The summed E-state index contributed by atoms with van der Waals surface area (Å²) in [5.74, 6) is 2.32. The quantitative estimate of drug-likeness (QED) is 0.739. The van der Waals surface area contributed by atoms with Crippen LogP contribution in [-0.4, -0.2) is 15.2 Å². The minimum atomic E-state index is 0.304. The summed E-state index contributed by atoms with van der Waals surface area (Å²) in [7, 11) is 0. The Morgan fingerprint density at radius 3 is 2.70 bits per heavy atom. The fourth-order valence-corrected chi connectivity index (χ4v) is 2.92. The highest BCUT2D eigenvalue weighted by Gasteiger charge is 2.08. The second kappa shape index (κ2) is 5.54. The molecule has 5 heteroatoms. The molecule has 0 fully saturated rings. The maximum Gasteiger partial charge on any atom is 0.226 e. The van der Waals surface area contributed by atoms with Crippen molar-refractivity contribution in [2.75, 3.05) is 0 Å². The Morgan fingerprint density at radius 2 is 1.95 bits per heavy atom. The average molecular weight is 286 g/mol. The van der Waals surface area contributed by atoms with E-state index in [0.29, 0.717) is 23.2 Å². The molecule has 0 aliphatic rings. The maximum atomic E-state index is 9.87. The number of aromatic hydroxyl groups is 1. The molecule has 1 N–H and O–H groups in total. The number of aromatic nitrogens is 2. The lowest BCUT2D eigenvalue weighted by Crippen LogP contribution is -1.86. The third-order valence-corrected chi connectivity index (χ3v) is 4.10. The summed E-state index contributed by atoms with van der Waals surface area (Å²) < 4.78 is 5.09. The first-order chi connectivity index (χ1) is 9.78. The molecule has 4 nitrogen and oxygen atoms in total. The van der Waals surface area contributed by atoms with Crippen molar-refractivity contribution in [2.45, 2.75) is 24.0 Å². The van der Waals surface area contributed by atoms with Crippen molar-refractivity contribution < 1.29 is 9.63 Å². The minimum absolute atomic E-state index is 0.304. The Bertz CT molecular complexity index is 740. The molecule has 0 atom stereocenters. The molecule has 2 aromatic carbocycles. The van der Waals surface area contributed by atoms with Crippen LogP contribution in [0, 0.1) is 0 Å². The highest BCUT2D eigenvalue weighted by atomic mass is 32.2. The van der Waals surface area contributed by atoms with Crippen LogP contribution in [0.15, 0.2) is 45.8 Å². The predicted octanol–water partition coefficient (Wildman–Crippen LogP) is 3.78. The molecular weight excluding hydrogens is 272 g/mol. The number of phenolic OH excluding ortho intramolecular Hbond substituents is 1. The SMILES string of the molecule is CCc1nc(CSc2ccc(O)c3ccccc23)no1. The maximum absolute atomic E-state index is 9.87. The van der Waals surface area contributed by atoms with Crippen molar-refractivity contribution in [3.63, 3.8) is 0 Å². The highest BCUT2D eigenvalue weighted by Crippen LogP contribution is 2.34. The number of hydrogen-bond donors (Lipinski definition) is 1. The molecule has 20 heavy (non-hydrogen) atoms. The largest absolute Gasteiger partial charge is 0.507 e. The Kier molecular flexibility index (Phi) is 3.60. The molecule has 0 spiro atoms. The van der Waals surface area contributed by atoms with Gasteiger partial charge in [0.1, 0.15) is 5.75 Å². The monoisotopic (exact) mass is 286 g/mol. The van der Waals surface area contributed by atoms with E-state index in [9.17, 15) is 5.11 Å². The number of nitrogens with zero attached hydrogens (tertiary/aromatic N) is 2. The van der Waals surface area contributed by atoms with E-state index in [1.807, 2.05) is 37.3 Å². The number of hydrogen-bond acceptors (Lipinski definition) is 5. The Labute approximate surface area is 120 Å². The van der Waals surface area contributed by atoms with Gasteiger partial charge in [-0.1, -0.05) is 36.3 Å². The van der Waals surface area contributed by atoms with Crippen LogP contribution in [-0.2, 0) is 12.2 Å². The van der Waals surface area contributed by atoms with Gasteiger partial charge in [-0.2, -0.15) is 4.98 Å². The molecule has 0 bridgehead atoms. The summed E-state index contributed by atoms with van der Waals surface area (Å²) >= 11 is 1.64. The molecule has 0 amide bonds. The van der Waals surface area contributed by atoms with Crippen molar-refractivity contribution in [1.29, 1.82) is 0 Å². The summed E-state index contributed by atoms with van der Waals surface area (Å²) in [6.07, 6.45) is 0.750. The third kappa shape index (κ3) is 2.49. The highest BCUT2D eigenvalue weighted by molar-refractivity contribution is 7.98. The van der Waals surface area contributed by atoms with E-state index in [1.165, 1.54) is 0 Å². The van der Waals surface area contributed by atoms with Crippen molar-refractivity contribution in [3.8, 4) is 5.75 Å². The normalized spacial score (nSPS) is 11.1. The summed E-state index contributed by atoms with van der Waals surface area (Å²) in [4.78, 5) is 5.39. The summed E-state index contributed by atoms with van der Waals surface area (Å²) in [5, 5.41) is 15.7. The van der Waals surface area contributed by atoms with Gasteiger partial charge in [-0.05, 0) is 17.5 Å². The van der Waals surface area contributed by atoms with Crippen LogP contribution in [0.25, 0.3) is 10.8 Å². The molecule has 102 valence electrons. The van der Waals surface area contributed by atoms with Crippen molar-refractivity contribution >= 4 is 22.5 Å². The predicted molar refractivity (Wildman–Crippen MR) is 78.8 cm³/mol. The fraction of sp³-hybridized carbons (Fsp3) is 0.200. The summed E-state index contributed by atoms with van der Waals surface area (Å²) in [6, 6.07) is 11.4. The van der Waals surface area contributed by atoms with Crippen molar-refractivity contribution in [3.05, 3.63) is 48.1 Å². The van der Waals surface area contributed by atoms with Crippen LogP contribution in [0.4, 0.5) is 0 Å². The zero-order valence-electron chi connectivity index (χ0n) is 11.0. The van der Waals surface area contributed by atoms with Gasteiger partial charge in [0.15, 0.2) is 5.82 Å². The van der Waals surface area contributed by atoms with Gasteiger partial charge in [-0.15, -0.1) is 11.8 Å². The van der Waals surface area contributed by atoms with E-state index in [1.54, 1.807) is 17.8 Å². The van der Waals surface area contributed by atoms with Gasteiger partial charge < -0.3 is 9.63 Å². The molecule has 3 rings (SSSR count). The van der Waals surface area contributed by atoms with Crippen LogP contribution in [0.3, 0.4) is 0 Å². The molecule has 0 saturated heterocycles. The van der Waals surface area contributed by atoms with Gasteiger partial charge in [0.05, 0.1) is 5.75 Å². The van der Waals surface area contributed by atoms with E-state index in [-0.39, 0.29) is 0 Å². The lowest BCUT2D eigenvalue weighted by atomic mass is 10.1. The van der Waals surface area contributed by atoms with Gasteiger partial charge >= 0.3 is 0 Å². The number of aryl methyl sites for hydroxylation is 1. The molecule has 1 heterocycles. The lowest BCUT2D eigenvalue weighted by molar-refractivity contribution is 0.378. The molecule has 3 aromatic rings. The van der Waals surface area contributed by atoms with Crippen LogP contribution in [0.5, 0.6) is 5.75 Å². The van der Waals surface area contributed by atoms with Gasteiger partial charge in [0, 0.05) is 16.7 Å². The van der Waals surface area contributed by atoms with Crippen LogP contribution in [0.2, 0.25) is 0 Å². The third-order valence-electron chi connectivity index (χ3n) is 3.03. The second-order valence-corrected chi connectivity index (χ2v) is 5.39. The lowest BCUT2D eigenvalue weighted by Gasteiger charge is -2.06. The standard InChI is InChI=1S/C15H14N2O2S/c1-2-15-16-14(17-19-15)9-20-13-8-7-12(18)10-5-3-4-6-11(10)13/h3-8,18H,2,9H2,1H3. The molecule has 0 aliphatic heterocycles. The van der Waals surface area contributed by atoms with Gasteiger partial charge in [-0.3, -0.25) is 0 Å². The molecule has 0 aliphatic carbocycles. The molecule has 0 unspecified atom stereocenters. The zero-order chi connectivity index (χ0) is 13.9. The summed E-state index contributed by atoms with van der Waals surface area (Å²) in [5.41, 5.74) is 0. The minimum Gasteiger partial charge on any atom is -0.507 e. The van der Waals surface area contributed by atoms with Crippen LogP contribution >= 0.6 is 11.8 Å². The molecule has 0 saturated carbocycles.